The van der Waals surface area contributed by atoms with E-state index in [-0.39, 0.29) is 6.10 Å². The van der Waals surface area contributed by atoms with Crippen LogP contribution < -0.4 is 10.5 Å². The average molecular weight is 276 g/mol. The lowest BCUT2D eigenvalue weighted by atomic mass is 10.1. The number of aryl methyl sites for hydroxylation is 1. The molecule has 0 aliphatic heterocycles. The van der Waals surface area contributed by atoms with Crippen LogP contribution in [0.1, 0.15) is 35.0 Å². The molecule has 19 heavy (non-hydrogen) atoms. The van der Waals surface area contributed by atoms with Gasteiger partial charge >= 0.3 is 0 Å². The molecule has 2 N–H and O–H groups in total. The van der Waals surface area contributed by atoms with Crippen LogP contribution in [0.3, 0.4) is 0 Å². The van der Waals surface area contributed by atoms with Gasteiger partial charge in [-0.3, -0.25) is 0 Å². The lowest BCUT2D eigenvalue weighted by Gasteiger charge is -2.13. The van der Waals surface area contributed by atoms with Crippen molar-refractivity contribution in [3.8, 4) is 5.75 Å². The van der Waals surface area contributed by atoms with E-state index in [0.29, 0.717) is 6.54 Å². The predicted octanol–water partition coefficient (Wildman–Crippen LogP) is 3.29. The van der Waals surface area contributed by atoms with Gasteiger partial charge in [0.05, 0.1) is 11.8 Å². The Labute approximate surface area is 118 Å². The second kappa shape index (κ2) is 6.17. The largest absolute Gasteiger partial charge is 0.491 e. The normalized spacial score (nSPS) is 11.0. The molecule has 0 atom stereocenters. The minimum absolute atomic E-state index is 0.184. The van der Waals surface area contributed by atoms with E-state index >= 15 is 0 Å². The van der Waals surface area contributed by atoms with Gasteiger partial charge < -0.3 is 10.5 Å². The second-order valence-electron chi connectivity index (χ2n) is 4.77. The van der Waals surface area contributed by atoms with Gasteiger partial charge in [0.25, 0.3) is 0 Å². The molecule has 1 heterocycles. The van der Waals surface area contributed by atoms with E-state index in [1.165, 1.54) is 10.4 Å². The zero-order valence-electron chi connectivity index (χ0n) is 11.6. The van der Waals surface area contributed by atoms with E-state index in [4.69, 9.17) is 10.5 Å². The highest BCUT2D eigenvalue weighted by Crippen LogP contribution is 2.27. The molecule has 2 rings (SSSR count). The summed E-state index contributed by atoms with van der Waals surface area (Å²) in [4.78, 5) is 5.73. The molecule has 1 aromatic heterocycles. The summed E-state index contributed by atoms with van der Waals surface area (Å²) in [6, 6.07) is 8.18. The third kappa shape index (κ3) is 3.55. The Morgan fingerprint density at radius 1 is 1.32 bits per heavy atom. The zero-order chi connectivity index (χ0) is 13.8. The van der Waals surface area contributed by atoms with Gasteiger partial charge in [-0.2, -0.15) is 0 Å². The van der Waals surface area contributed by atoms with Crippen LogP contribution in [0.5, 0.6) is 5.75 Å². The van der Waals surface area contributed by atoms with Crippen molar-refractivity contribution in [2.24, 2.45) is 5.73 Å². The lowest BCUT2D eigenvalue weighted by Crippen LogP contribution is -2.07. The summed E-state index contributed by atoms with van der Waals surface area (Å²) >= 11 is 1.69. The third-order valence-electron chi connectivity index (χ3n) is 2.80. The maximum absolute atomic E-state index is 5.85. The van der Waals surface area contributed by atoms with Gasteiger partial charge in [-0.05, 0) is 32.4 Å². The smallest absolute Gasteiger partial charge is 0.123 e. The topological polar surface area (TPSA) is 48.1 Å². The number of aromatic nitrogens is 1. The van der Waals surface area contributed by atoms with Crippen LogP contribution in [0.2, 0.25) is 0 Å². The Morgan fingerprint density at radius 2 is 2.05 bits per heavy atom. The molecule has 102 valence electrons. The van der Waals surface area contributed by atoms with Crippen molar-refractivity contribution in [2.45, 2.75) is 39.8 Å². The Morgan fingerprint density at radius 3 is 2.68 bits per heavy atom. The van der Waals surface area contributed by atoms with E-state index in [2.05, 4.69) is 11.1 Å². The zero-order valence-corrected chi connectivity index (χ0v) is 12.5. The van der Waals surface area contributed by atoms with Crippen LogP contribution >= 0.6 is 11.3 Å². The second-order valence-corrected chi connectivity index (χ2v) is 5.94. The van der Waals surface area contributed by atoms with E-state index in [9.17, 15) is 0 Å². The maximum Gasteiger partial charge on any atom is 0.123 e. The summed E-state index contributed by atoms with van der Waals surface area (Å²) in [5, 5.41) is 0.995. The number of benzene rings is 1. The average Bonchev–Trinajstić information content (AvgIpc) is 2.72. The number of rotatable bonds is 5. The van der Waals surface area contributed by atoms with Crippen molar-refractivity contribution in [3.63, 3.8) is 0 Å². The molecule has 0 saturated heterocycles. The number of hydrogen-bond acceptors (Lipinski definition) is 4. The van der Waals surface area contributed by atoms with Crippen LogP contribution in [0.4, 0.5) is 0 Å². The molecular formula is C15H20N2OS. The predicted molar refractivity (Wildman–Crippen MR) is 79.8 cm³/mol. The van der Waals surface area contributed by atoms with Crippen LogP contribution in [0.15, 0.2) is 24.3 Å². The summed E-state index contributed by atoms with van der Waals surface area (Å²) in [5.74, 6) is 0.958. The molecule has 0 fully saturated rings. The highest BCUT2D eigenvalue weighted by molar-refractivity contribution is 7.11. The highest BCUT2D eigenvalue weighted by Gasteiger charge is 2.11. The fraction of sp³-hybridized carbons (Fsp3) is 0.400. The SMILES string of the molecule is Cc1nc(CN)sc1Cc1ccccc1OC(C)C. The Hall–Kier alpha value is -1.39. The minimum Gasteiger partial charge on any atom is -0.491 e. The maximum atomic E-state index is 5.85. The molecule has 0 spiro atoms. The molecule has 1 aromatic carbocycles. The molecule has 0 aliphatic rings. The molecule has 0 aliphatic carbocycles. The fourth-order valence-corrected chi connectivity index (χ4v) is 2.90. The van der Waals surface area contributed by atoms with Crippen LogP contribution in [0, 0.1) is 6.92 Å². The Balaban J connectivity index is 2.24. The lowest BCUT2D eigenvalue weighted by molar-refractivity contribution is 0.240. The number of nitrogens with two attached hydrogens (primary N) is 1. The Kier molecular flexibility index (Phi) is 4.56. The number of thiazole rings is 1. The van der Waals surface area contributed by atoms with Gasteiger partial charge in [0.2, 0.25) is 0 Å². The highest BCUT2D eigenvalue weighted by atomic mass is 32.1. The van der Waals surface area contributed by atoms with E-state index < -0.39 is 0 Å². The van der Waals surface area contributed by atoms with E-state index in [0.717, 1.165) is 22.9 Å². The van der Waals surface area contributed by atoms with Crippen LogP contribution in [-0.2, 0) is 13.0 Å². The van der Waals surface area contributed by atoms with Gasteiger partial charge in [-0.1, -0.05) is 18.2 Å². The van der Waals surface area contributed by atoms with Gasteiger partial charge in [-0.25, -0.2) is 4.98 Å². The third-order valence-corrected chi connectivity index (χ3v) is 3.98. The van der Waals surface area contributed by atoms with Crippen molar-refractivity contribution in [1.29, 1.82) is 0 Å². The fourth-order valence-electron chi connectivity index (χ4n) is 1.93. The first-order valence-electron chi connectivity index (χ1n) is 6.50. The first-order chi connectivity index (χ1) is 9.10. The molecule has 0 unspecified atom stereocenters. The van der Waals surface area contributed by atoms with Crippen molar-refractivity contribution in [1.82, 2.24) is 4.98 Å². The molecule has 0 radical (unpaired) electrons. The van der Waals surface area contributed by atoms with Crippen molar-refractivity contribution in [3.05, 3.63) is 45.4 Å². The molecule has 0 bridgehead atoms. The van der Waals surface area contributed by atoms with Gasteiger partial charge in [0.1, 0.15) is 10.8 Å². The molecule has 2 aromatic rings. The standard InChI is InChI=1S/C15H20N2OS/c1-10(2)18-13-7-5-4-6-12(13)8-14-11(3)17-15(9-16)19-14/h4-7,10H,8-9,16H2,1-3H3. The molecule has 4 heteroatoms. The monoisotopic (exact) mass is 276 g/mol. The quantitative estimate of drug-likeness (QED) is 0.911. The van der Waals surface area contributed by atoms with Gasteiger partial charge in [0.15, 0.2) is 0 Å². The van der Waals surface area contributed by atoms with Crippen molar-refractivity contribution in [2.75, 3.05) is 0 Å². The molecule has 0 amide bonds. The molecule has 0 saturated carbocycles. The number of hydrogen-bond donors (Lipinski definition) is 1. The Bertz CT molecular complexity index is 549. The molecular weight excluding hydrogens is 256 g/mol. The minimum atomic E-state index is 0.184. The summed E-state index contributed by atoms with van der Waals surface area (Å²) < 4.78 is 5.85. The summed E-state index contributed by atoms with van der Waals surface area (Å²) in [5.41, 5.74) is 7.92. The number of para-hydroxylation sites is 1. The first-order valence-corrected chi connectivity index (χ1v) is 7.31. The number of ether oxygens (including phenoxy) is 1. The van der Waals surface area contributed by atoms with Gasteiger partial charge in [0, 0.05) is 17.8 Å². The van der Waals surface area contributed by atoms with Crippen molar-refractivity contribution < 1.29 is 4.74 Å². The van der Waals surface area contributed by atoms with Crippen LogP contribution in [-0.4, -0.2) is 11.1 Å². The van der Waals surface area contributed by atoms with Crippen molar-refractivity contribution >= 4 is 11.3 Å². The van der Waals surface area contributed by atoms with Crippen LogP contribution in [0.25, 0.3) is 0 Å². The molecule has 3 nitrogen and oxygen atoms in total. The first kappa shape index (κ1) is 14.0. The number of nitrogens with zero attached hydrogens (tertiary/aromatic N) is 1. The summed E-state index contributed by atoms with van der Waals surface area (Å²) in [7, 11) is 0. The van der Waals surface area contributed by atoms with Gasteiger partial charge in [-0.15, -0.1) is 11.3 Å². The summed E-state index contributed by atoms with van der Waals surface area (Å²) in [6.45, 7) is 6.63. The van der Waals surface area contributed by atoms with E-state index in [1.54, 1.807) is 11.3 Å². The summed E-state index contributed by atoms with van der Waals surface area (Å²) in [6.07, 6.45) is 1.04. The van der Waals surface area contributed by atoms with E-state index in [1.807, 2.05) is 39.0 Å².